The van der Waals surface area contributed by atoms with Crippen LogP contribution in [-0.4, -0.2) is 33.1 Å². The monoisotopic (exact) mass is 460 g/mol. The Balaban J connectivity index is 1.62. The summed E-state index contributed by atoms with van der Waals surface area (Å²) >= 11 is 5.19. The van der Waals surface area contributed by atoms with Crippen LogP contribution in [0.5, 0.6) is 17.2 Å². The van der Waals surface area contributed by atoms with Crippen molar-refractivity contribution in [3.8, 4) is 17.2 Å². The zero-order valence-corrected chi connectivity index (χ0v) is 17.7. The fraction of sp³-hybridized carbons (Fsp3) is 0. The minimum absolute atomic E-state index is 0.0872. The Labute approximate surface area is 193 Å². The van der Waals surface area contributed by atoms with Gasteiger partial charge in [0.25, 0.3) is 11.8 Å². The summed E-state index contributed by atoms with van der Waals surface area (Å²) in [5, 5.41) is 21.2. The Hall–Kier alpha value is -4.50. The number of anilines is 1. The summed E-state index contributed by atoms with van der Waals surface area (Å²) in [6.07, 6.45) is 1.24. The summed E-state index contributed by atoms with van der Waals surface area (Å²) in [6, 6.07) is 19.5. The number of benzene rings is 3. The summed E-state index contributed by atoms with van der Waals surface area (Å²) < 4.78 is 5.75. The molecule has 0 saturated carbocycles. The molecule has 9 heteroatoms. The lowest BCUT2D eigenvalue weighted by Gasteiger charge is -2.29. The van der Waals surface area contributed by atoms with Crippen LogP contribution in [0.3, 0.4) is 0 Å². The number of nitrogens with one attached hydrogen (secondary N) is 1. The molecular formula is C24H16N2O6S. The first-order chi connectivity index (χ1) is 15.8. The van der Waals surface area contributed by atoms with Gasteiger partial charge < -0.3 is 14.9 Å². The fourth-order valence-electron chi connectivity index (χ4n) is 3.16. The number of ether oxygens (including phenoxy) is 1. The lowest BCUT2D eigenvalue weighted by molar-refractivity contribution is -0.122. The second-order valence-electron chi connectivity index (χ2n) is 6.95. The van der Waals surface area contributed by atoms with Crippen LogP contribution in [0.1, 0.15) is 15.9 Å². The van der Waals surface area contributed by atoms with E-state index in [9.17, 15) is 24.6 Å². The molecule has 1 heterocycles. The molecule has 3 aromatic carbocycles. The molecular weight excluding hydrogens is 444 g/mol. The van der Waals surface area contributed by atoms with Gasteiger partial charge in [0.2, 0.25) is 0 Å². The highest BCUT2D eigenvalue weighted by molar-refractivity contribution is 7.80. The Morgan fingerprint density at radius 1 is 0.970 bits per heavy atom. The minimum Gasteiger partial charge on any atom is -0.507 e. The number of carboxylic acids is 1. The van der Waals surface area contributed by atoms with Crippen LogP contribution in [0.15, 0.2) is 78.4 Å². The SMILES string of the molecule is O=C1NC(=S)N(c2ccc(Oc3ccccc3)cc2)C(=O)C1=Cc1ccc(O)c(C(=O)O)c1. The molecule has 164 valence electrons. The van der Waals surface area contributed by atoms with E-state index in [1.54, 1.807) is 24.3 Å². The van der Waals surface area contributed by atoms with Crippen LogP contribution in [0.2, 0.25) is 0 Å². The molecule has 0 radical (unpaired) electrons. The van der Waals surface area contributed by atoms with E-state index < -0.39 is 23.5 Å². The van der Waals surface area contributed by atoms with Gasteiger partial charge in [0.1, 0.15) is 28.4 Å². The number of carbonyl (C=O) groups excluding carboxylic acids is 2. The number of nitrogens with zero attached hydrogens (tertiary/aromatic N) is 1. The molecule has 0 atom stereocenters. The average molecular weight is 460 g/mol. The molecule has 1 saturated heterocycles. The van der Waals surface area contributed by atoms with Crippen molar-refractivity contribution in [1.29, 1.82) is 0 Å². The van der Waals surface area contributed by atoms with Gasteiger partial charge in [-0.05, 0) is 72.4 Å². The van der Waals surface area contributed by atoms with Gasteiger partial charge in [0.15, 0.2) is 5.11 Å². The Morgan fingerprint density at radius 3 is 2.30 bits per heavy atom. The largest absolute Gasteiger partial charge is 0.507 e. The average Bonchev–Trinajstić information content (AvgIpc) is 2.79. The normalized spacial score (nSPS) is 14.8. The van der Waals surface area contributed by atoms with Crippen LogP contribution in [0, 0.1) is 0 Å². The standard InChI is InChI=1S/C24H16N2O6S/c27-20-11-6-14(12-18(20)23(30)31)13-19-21(28)25-24(33)26(22(19)29)15-7-9-17(10-8-15)32-16-4-2-1-3-5-16/h1-13,27H,(H,30,31)(H,25,28,33). The Kier molecular flexibility index (Phi) is 5.88. The summed E-state index contributed by atoms with van der Waals surface area (Å²) in [5.41, 5.74) is 0.0703. The second-order valence-corrected chi connectivity index (χ2v) is 7.34. The molecule has 3 N–H and O–H groups in total. The molecule has 33 heavy (non-hydrogen) atoms. The molecule has 0 bridgehead atoms. The highest BCUT2D eigenvalue weighted by Gasteiger charge is 2.34. The van der Waals surface area contributed by atoms with Gasteiger partial charge >= 0.3 is 5.97 Å². The second kappa shape index (κ2) is 8.93. The zero-order valence-electron chi connectivity index (χ0n) is 16.9. The maximum Gasteiger partial charge on any atom is 0.339 e. The lowest BCUT2D eigenvalue weighted by atomic mass is 10.0. The zero-order chi connectivity index (χ0) is 23.5. The molecule has 4 rings (SSSR count). The first kappa shape index (κ1) is 21.7. The molecule has 8 nitrogen and oxygen atoms in total. The fourth-order valence-corrected chi connectivity index (χ4v) is 3.44. The summed E-state index contributed by atoms with van der Waals surface area (Å²) in [7, 11) is 0. The van der Waals surface area contributed by atoms with E-state index >= 15 is 0 Å². The predicted octanol–water partition coefficient (Wildman–Crippen LogP) is 3.71. The number of hydrogen-bond donors (Lipinski definition) is 3. The number of carboxylic acid groups (broad SMARTS) is 1. The van der Waals surface area contributed by atoms with E-state index in [1.807, 2.05) is 30.3 Å². The van der Waals surface area contributed by atoms with Crippen molar-refractivity contribution >= 4 is 46.9 Å². The van der Waals surface area contributed by atoms with Gasteiger partial charge in [-0.25, -0.2) is 4.79 Å². The molecule has 0 aromatic heterocycles. The maximum atomic E-state index is 13.1. The van der Waals surface area contributed by atoms with Crippen LogP contribution in [0.25, 0.3) is 6.08 Å². The predicted molar refractivity (Wildman–Crippen MR) is 124 cm³/mol. The van der Waals surface area contributed by atoms with Crippen molar-refractivity contribution in [2.45, 2.75) is 0 Å². The number of aromatic carboxylic acids is 1. The Morgan fingerprint density at radius 2 is 1.64 bits per heavy atom. The third-order valence-electron chi connectivity index (χ3n) is 4.74. The number of aromatic hydroxyl groups is 1. The molecule has 3 aromatic rings. The summed E-state index contributed by atoms with van der Waals surface area (Å²) in [4.78, 5) is 38.0. The third-order valence-corrected chi connectivity index (χ3v) is 5.02. The third kappa shape index (κ3) is 4.58. The molecule has 0 aliphatic carbocycles. The van der Waals surface area contributed by atoms with Crippen LogP contribution >= 0.6 is 12.2 Å². The van der Waals surface area contributed by atoms with Crippen LogP contribution in [-0.2, 0) is 9.59 Å². The van der Waals surface area contributed by atoms with Crippen molar-refractivity contribution in [2.24, 2.45) is 0 Å². The topological polar surface area (TPSA) is 116 Å². The van der Waals surface area contributed by atoms with Gasteiger partial charge in [0.05, 0.1) is 5.69 Å². The van der Waals surface area contributed by atoms with Gasteiger partial charge in [-0.1, -0.05) is 24.3 Å². The van der Waals surface area contributed by atoms with Gasteiger partial charge in [-0.15, -0.1) is 0 Å². The van der Waals surface area contributed by atoms with E-state index in [1.165, 1.54) is 18.2 Å². The molecule has 0 spiro atoms. The summed E-state index contributed by atoms with van der Waals surface area (Å²) in [6.45, 7) is 0. The number of rotatable bonds is 5. The quantitative estimate of drug-likeness (QED) is 0.302. The van der Waals surface area contributed by atoms with E-state index in [2.05, 4.69) is 5.32 Å². The number of thiocarbonyl (C=S) groups is 1. The molecule has 1 fully saturated rings. The van der Waals surface area contributed by atoms with Crippen molar-refractivity contribution in [2.75, 3.05) is 4.90 Å². The van der Waals surface area contributed by atoms with Gasteiger partial charge in [-0.2, -0.15) is 0 Å². The van der Waals surface area contributed by atoms with Gasteiger partial charge in [-0.3, -0.25) is 19.8 Å². The molecule has 2 amide bonds. The molecule has 1 aliphatic rings. The van der Waals surface area contributed by atoms with Crippen molar-refractivity contribution in [3.05, 3.63) is 89.5 Å². The highest BCUT2D eigenvalue weighted by atomic mass is 32.1. The first-order valence-electron chi connectivity index (χ1n) is 9.64. The van der Waals surface area contributed by atoms with Crippen LogP contribution in [0.4, 0.5) is 5.69 Å². The minimum atomic E-state index is -1.34. The van der Waals surface area contributed by atoms with E-state index in [0.717, 1.165) is 11.0 Å². The van der Waals surface area contributed by atoms with Crippen molar-refractivity contribution < 1.29 is 29.3 Å². The maximum absolute atomic E-state index is 13.1. The number of para-hydroxylation sites is 1. The van der Waals surface area contributed by atoms with Crippen LogP contribution < -0.4 is 15.0 Å². The van der Waals surface area contributed by atoms with E-state index in [0.29, 0.717) is 17.2 Å². The number of carbonyl (C=O) groups is 3. The molecule has 1 aliphatic heterocycles. The van der Waals surface area contributed by atoms with E-state index in [-0.39, 0.29) is 21.8 Å². The molecule has 0 unspecified atom stereocenters. The summed E-state index contributed by atoms with van der Waals surface area (Å²) in [5.74, 6) is -1.95. The number of phenols is 1. The number of amides is 2. The van der Waals surface area contributed by atoms with Crippen molar-refractivity contribution in [1.82, 2.24) is 5.32 Å². The van der Waals surface area contributed by atoms with E-state index in [4.69, 9.17) is 17.0 Å². The van der Waals surface area contributed by atoms with Crippen molar-refractivity contribution in [3.63, 3.8) is 0 Å². The Bertz CT molecular complexity index is 1300. The first-order valence-corrected chi connectivity index (χ1v) is 10.0. The van der Waals surface area contributed by atoms with Gasteiger partial charge in [0, 0.05) is 0 Å². The lowest BCUT2D eigenvalue weighted by Crippen LogP contribution is -2.54. The highest BCUT2D eigenvalue weighted by Crippen LogP contribution is 2.27. The number of hydrogen-bond acceptors (Lipinski definition) is 6. The smallest absolute Gasteiger partial charge is 0.339 e.